The van der Waals surface area contributed by atoms with Crippen molar-refractivity contribution in [3.63, 3.8) is 0 Å². The van der Waals surface area contributed by atoms with Gasteiger partial charge in [0.25, 0.3) is 0 Å². The molecule has 1 aliphatic heterocycles. The SMILES string of the molecule is CN1CCC(c2ccncc2)C1. The lowest BCUT2D eigenvalue weighted by Crippen LogP contribution is -2.13. The molecule has 0 aromatic carbocycles. The van der Waals surface area contributed by atoms with Crippen molar-refractivity contribution in [3.8, 4) is 0 Å². The van der Waals surface area contributed by atoms with E-state index in [4.69, 9.17) is 0 Å². The fourth-order valence-electron chi connectivity index (χ4n) is 1.84. The number of aromatic nitrogens is 1. The largest absolute Gasteiger partial charge is 0.306 e. The van der Waals surface area contributed by atoms with E-state index in [2.05, 4.69) is 29.1 Å². The minimum absolute atomic E-state index is 0.734. The summed E-state index contributed by atoms with van der Waals surface area (Å²) < 4.78 is 0. The van der Waals surface area contributed by atoms with E-state index in [0.29, 0.717) is 0 Å². The first kappa shape index (κ1) is 7.74. The van der Waals surface area contributed by atoms with Gasteiger partial charge in [0.15, 0.2) is 0 Å². The van der Waals surface area contributed by atoms with Gasteiger partial charge < -0.3 is 4.90 Å². The highest BCUT2D eigenvalue weighted by Gasteiger charge is 2.20. The van der Waals surface area contributed by atoms with E-state index in [1.165, 1.54) is 25.1 Å². The molecule has 12 heavy (non-hydrogen) atoms. The van der Waals surface area contributed by atoms with Gasteiger partial charge in [-0.1, -0.05) is 0 Å². The molecule has 1 fully saturated rings. The summed E-state index contributed by atoms with van der Waals surface area (Å²) in [6.45, 7) is 2.43. The number of nitrogens with zero attached hydrogens (tertiary/aromatic N) is 2. The molecule has 1 saturated heterocycles. The Hall–Kier alpha value is -0.890. The normalized spacial score (nSPS) is 24.6. The third-order valence-corrected chi connectivity index (χ3v) is 2.57. The van der Waals surface area contributed by atoms with E-state index in [1.54, 1.807) is 0 Å². The summed E-state index contributed by atoms with van der Waals surface area (Å²) in [5, 5.41) is 0. The molecule has 0 saturated carbocycles. The molecular weight excluding hydrogens is 148 g/mol. The Labute approximate surface area is 73.2 Å². The molecule has 0 amide bonds. The lowest BCUT2D eigenvalue weighted by Gasteiger charge is -2.09. The van der Waals surface area contributed by atoms with E-state index in [9.17, 15) is 0 Å². The molecule has 64 valence electrons. The van der Waals surface area contributed by atoms with Crippen molar-refractivity contribution in [1.82, 2.24) is 9.88 Å². The molecule has 2 heteroatoms. The first-order chi connectivity index (χ1) is 5.86. The highest BCUT2D eigenvalue weighted by atomic mass is 15.1. The Morgan fingerprint density at radius 2 is 2.17 bits per heavy atom. The molecule has 1 atom stereocenters. The van der Waals surface area contributed by atoms with Gasteiger partial charge in [-0.3, -0.25) is 4.98 Å². The molecule has 1 aromatic heterocycles. The quantitative estimate of drug-likeness (QED) is 0.622. The van der Waals surface area contributed by atoms with E-state index in [-0.39, 0.29) is 0 Å². The maximum absolute atomic E-state index is 4.02. The molecule has 0 spiro atoms. The van der Waals surface area contributed by atoms with Crippen molar-refractivity contribution in [1.29, 1.82) is 0 Å². The smallest absolute Gasteiger partial charge is 0.0270 e. The van der Waals surface area contributed by atoms with Gasteiger partial charge in [0.1, 0.15) is 0 Å². The second-order valence-corrected chi connectivity index (χ2v) is 3.53. The monoisotopic (exact) mass is 162 g/mol. The molecule has 0 radical (unpaired) electrons. The zero-order chi connectivity index (χ0) is 8.39. The molecule has 2 rings (SSSR count). The fourth-order valence-corrected chi connectivity index (χ4v) is 1.84. The van der Waals surface area contributed by atoms with Crippen molar-refractivity contribution in [3.05, 3.63) is 30.1 Å². The zero-order valence-corrected chi connectivity index (χ0v) is 7.40. The van der Waals surface area contributed by atoms with Crippen LogP contribution in [0.3, 0.4) is 0 Å². The molecule has 0 aliphatic carbocycles. The predicted octanol–water partition coefficient (Wildman–Crippen LogP) is 1.50. The second kappa shape index (κ2) is 3.23. The van der Waals surface area contributed by atoms with E-state index < -0.39 is 0 Å². The van der Waals surface area contributed by atoms with Gasteiger partial charge in [-0.05, 0) is 43.6 Å². The predicted molar refractivity (Wildman–Crippen MR) is 49.1 cm³/mol. The Kier molecular flexibility index (Phi) is 2.09. The Bertz CT molecular complexity index is 245. The standard InChI is InChI=1S/C10H14N2/c1-12-7-4-10(8-12)9-2-5-11-6-3-9/h2-3,5-6,10H,4,7-8H2,1H3. The van der Waals surface area contributed by atoms with Crippen LogP contribution in [0, 0.1) is 0 Å². The third kappa shape index (κ3) is 1.48. The minimum atomic E-state index is 0.734. The number of hydrogen-bond acceptors (Lipinski definition) is 2. The maximum atomic E-state index is 4.02. The van der Waals surface area contributed by atoms with Gasteiger partial charge in [-0.2, -0.15) is 0 Å². The van der Waals surface area contributed by atoms with Crippen molar-refractivity contribution in [2.45, 2.75) is 12.3 Å². The third-order valence-electron chi connectivity index (χ3n) is 2.57. The summed E-state index contributed by atoms with van der Waals surface area (Å²) in [7, 11) is 2.18. The maximum Gasteiger partial charge on any atom is 0.0270 e. The van der Waals surface area contributed by atoms with Crippen LogP contribution < -0.4 is 0 Å². The second-order valence-electron chi connectivity index (χ2n) is 3.53. The lowest BCUT2D eigenvalue weighted by atomic mass is 10.0. The van der Waals surface area contributed by atoms with Crippen molar-refractivity contribution in [2.75, 3.05) is 20.1 Å². The van der Waals surface area contributed by atoms with Gasteiger partial charge in [0.2, 0.25) is 0 Å². The summed E-state index contributed by atoms with van der Waals surface area (Å²) in [5.41, 5.74) is 1.44. The van der Waals surface area contributed by atoms with Crippen molar-refractivity contribution < 1.29 is 0 Å². The van der Waals surface area contributed by atoms with Gasteiger partial charge in [-0.15, -0.1) is 0 Å². The molecule has 2 nitrogen and oxygen atoms in total. The molecule has 1 aromatic rings. The Morgan fingerprint density at radius 1 is 1.42 bits per heavy atom. The Morgan fingerprint density at radius 3 is 2.75 bits per heavy atom. The molecule has 1 unspecified atom stereocenters. The summed E-state index contributed by atoms with van der Waals surface area (Å²) in [5.74, 6) is 0.734. The van der Waals surface area contributed by atoms with Crippen LogP contribution in [0.25, 0.3) is 0 Å². The summed E-state index contributed by atoms with van der Waals surface area (Å²) in [6, 6.07) is 4.26. The molecule has 0 bridgehead atoms. The molecule has 2 heterocycles. The fraction of sp³-hybridized carbons (Fsp3) is 0.500. The first-order valence-corrected chi connectivity index (χ1v) is 4.45. The van der Waals surface area contributed by atoms with Crippen LogP contribution in [0.15, 0.2) is 24.5 Å². The van der Waals surface area contributed by atoms with Crippen LogP contribution in [0.4, 0.5) is 0 Å². The van der Waals surface area contributed by atoms with E-state index >= 15 is 0 Å². The number of pyridine rings is 1. The average molecular weight is 162 g/mol. The minimum Gasteiger partial charge on any atom is -0.306 e. The molecule has 1 aliphatic rings. The number of likely N-dealkylation sites (tertiary alicyclic amines) is 1. The highest BCUT2D eigenvalue weighted by Crippen LogP contribution is 2.24. The lowest BCUT2D eigenvalue weighted by molar-refractivity contribution is 0.411. The highest BCUT2D eigenvalue weighted by molar-refractivity contribution is 5.17. The van der Waals surface area contributed by atoms with Crippen molar-refractivity contribution in [2.24, 2.45) is 0 Å². The number of rotatable bonds is 1. The average Bonchev–Trinajstić information content (AvgIpc) is 2.54. The van der Waals surface area contributed by atoms with Gasteiger partial charge in [0.05, 0.1) is 0 Å². The zero-order valence-electron chi connectivity index (χ0n) is 7.40. The van der Waals surface area contributed by atoms with E-state index in [0.717, 1.165) is 5.92 Å². The van der Waals surface area contributed by atoms with Gasteiger partial charge in [0, 0.05) is 18.9 Å². The summed E-state index contributed by atoms with van der Waals surface area (Å²) in [4.78, 5) is 6.40. The summed E-state index contributed by atoms with van der Waals surface area (Å²) in [6.07, 6.45) is 5.06. The first-order valence-electron chi connectivity index (χ1n) is 4.45. The molecular formula is C10H14N2. The van der Waals surface area contributed by atoms with Crippen LogP contribution in [0.2, 0.25) is 0 Å². The number of likely N-dealkylation sites (N-methyl/N-ethyl adjacent to an activating group) is 1. The van der Waals surface area contributed by atoms with E-state index in [1.807, 2.05) is 12.4 Å². The van der Waals surface area contributed by atoms with Crippen LogP contribution in [0.1, 0.15) is 17.9 Å². The Balaban J connectivity index is 2.11. The number of hydrogen-bond donors (Lipinski definition) is 0. The summed E-state index contributed by atoms with van der Waals surface area (Å²) >= 11 is 0. The van der Waals surface area contributed by atoms with Crippen LogP contribution in [-0.2, 0) is 0 Å². The molecule has 0 N–H and O–H groups in total. The van der Waals surface area contributed by atoms with Crippen LogP contribution >= 0.6 is 0 Å². The van der Waals surface area contributed by atoms with Crippen LogP contribution in [-0.4, -0.2) is 30.0 Å². The van der Waals surface area contributed by atoms with Crippen LogP contribution in [0.5, 0.6) is 0 Å². The van der Waals surface area contributed by atoms with Crippen molar-refractivity contribution >= 4 is 0 Å². The van der Waals surface area contributed by atoms with Gasteiger partial charge in [-0.25, -0.2) is 0 Å². The van der Waals surface area contributed by atoms with Gasteiger partial charge >= 0.3 is 0 Å². The topological polar surface area (TPSA) is 16.1 Å².